The fourth-order valence-electron chi connectivity index (χ4n) is 3.47. The van der Waals surface area contributed by atoms with Gasteiger partial charge in [-0.05, 0) is 65.9 Å². The Labute approximate surface area is 191 Å². The second kappa shape index (κ2) is 8.63. The van der Waals surface area contributed by atoms with Crippen molar-refractivity contribution < 1.29 is 13.2 Å². The van der Waals surface area contributed by atoms with Gasteiger partial charge in [-0.2, -0.15) is 0 Å². The largest absolute Gasteiger partial charge is 0.367 e. The number of hydrogen-bond donors (Lipinski definition) is 1. The van der Waals surface area contributed by atoms with Gasteiger partial charge in [-0.1, -0.05) is 11.6 Å². The molecule has 0 fully saturated rings. The summed E-state index contributed by atoms with van der Waals surface area (Å²) in [6, 6.07) is 14.1. The molecule has 2 aromatic carbocycles. The molecule has 2 heterocycles. The maximum Gasteiger partial charge on any atom is 0.255 e. The molecule has 1 aromatic heterocycles. The van der Waals surface area contributed by atoms with Crippen molar-refractivity contribution in [1.82, 2.24) is 4.31 Å². The van der Waals surface area contributed by atoms with Crippen LogP contribution in [0, 0.1) is 0 Å². The van der Waals surface area contributed by atoms with Gasteiger partial charge in [-0.25, -0.2) is 12.7 Å². The lowest BCUT2D eigenvalue weighted by molar-refractivity contribution is 0.102. The molecule has 3 aromatic rings. The summed E-state index contributed by atoms with van der Waals surface area (Å²) in [4.78, 5) is 16.4. The Kier molecular flexibility index (Phi) is 6.07. The lowest BCUT2D eigenvalue weighted by atomic mass is 10.1. The smallest absolute Gasteiger partial charge is 0.255 e. The van der Waals surface area contributed by atoms with Gasteiger partial charge in [0.15, 0.2) is 0 Å². The Bertz CT molecular complexity index is 1220. The van der Waals surface area contributed by atoms with Crippen LogP contribution in [0.3, 0.4) is 0 Å². The molecule has 1 aliphatic rings. The molecule has 31 heavy (non-hydrogen) atoms. The van der Waals surface area contributed by atoms with Crippen molar-refractivity contribution in [3.05, 3.63) is 74.9 Å². The molecule has 0 aliphatic carbocycles. The molecule has 0 spiro atoms. The first-order chi connectivity index (χ1) is 14.8. The summed E-state index contributed by atoms with van der Waals surface area (Å²) in [5.41, 5.74) is 3.32. The summed E-state index contributed by atoms with van der Waals surface area (Å²) in [5, 5.41) is 5.03. The third kappa shape index (κ3) is 4.48. The van der Waals surface area contributed by atoms with Crippen molar-refractivity contribution in [2.45, 2.75) is 17.9 Å². The quantitative estimate of drug-likeness (QED) is 0.591. The zero-order chi connectivity index (χ0) is 22.2. The van der Waals surface area contributed by atoms with Crippen molar-refractivity contribution in [2.75, 3.05) is 30.9 Å². The number of nitrogens with one attached hydrogen (secondary N) is 1. The first-order valence-corrected chi connectivity index (χ1v) is 12.4. The molecule has 1 aliphatic heterocycles. The topological polar surface area (TPSA) is 69.7 Å². The van der Waals surface area contributed by atoms with Crippen molar-refractivity contribution >= 4 is 50.2 Å². The van der Waals surface area contributed by atoms with E-state index < -0.39 is 15.9 Å². The standard InChI is InChI=1S/C22H22ClN3O3S2/c1-25(2)31(28,29)21-13-15(3-8-19(21)23)22(27)24-17-4-6-18(7-5-17)26-11-9-20-16(14-26)10-12-30-20/h3-8,10,12-13H,9,11,14H2,1-2H3,(H,24,27). The monoisotopic (exact) mass is 475 g/mol. The highest BCUT2D eigenvalue weighted by Gasteiger charge is 2.23. The van der Waals surface area contributed by atoms with Crippen LogP contribution in [-0.4, -0.2) is 39.3 Å². The highest BCUT2D eigenvalue weighted by molar-refractivity contribution is 7.89. The van der Waals surface area contributed by atoms with E-state index in [1.54, 1.807) is 0 Å². The summed E-state index contributed by atoms with van der Waals surface area (Å²) in [6.07, 6.45) is 1.04. The van der Waals surface area contributed by atoms with Crippen LogP contribution in [0.5, 0.6) is 0 Å². The summed E-state index contributed by atoms with van der Waals surface area (Å²) in [5.74, 6) is -0.402. The maximum atomic E-state index is 12.7. The van der Waals surface area contributed by atoms with E-state index in [0.717, 1.165) is 29.5 Å². The summed E-state index contributed by atoms with van der Waals surface area (Å²) in [6.45, 7) is 1.85. The van der Waals surface area contributed by atoms with Gasteiger partial charge in [0.05, 0.1) is 5.02 Å². The van der Waals surface area contributed by atoms with Crippen molar-refractivity contribution in [2.24, 2.45) is 0 Å². The lowest BCUT2D eigenvalue weighted by Gasteiger charge is -2.29. The minimum absolute atomic E-state index is 0.0740. The van der Waals surface area contributed by atoms with E-state index in [9.17, 15) is 13.2 Å². The van der Waals surface area contributed by atoms with E-state index >= 15 is 0 Å². The molecule has 9 heteroatoms. The zero-order valence-corrected chi connectivity index (χ0v) is 19.5. The molecule has 0 bridgehead atoms. The van der Waals surface area contributed by atoms with Gasteiger partial charge in [-0.15, -0.1) is 11.3 Å². The molecule has 162 valence electrons. The Balaban J connectivity index is 1.48. The minimum atomic E-state index is -3.75. The van der Waals surface area contributed by atoms with Gasteiger partial charge in [0.2, 0.25) is 10.0 Å². The Morgan fingerprint density at radius 3 is 2.58 bits per heavy atom. The lowest BCUT2D eigenvalue weighted by Crippen LogP contribution is -2.29. The van der Waals surface area contributed by atoms with Gasteiger partial charge >= 0.3 is 0 Å². The number of sulfonamides is 1. The van der Waals surface area contributed by atoms with E-state index in [0.29, 0.717) is 5.69 Å². The average molecular weight is 476 g/mol. The molecular weight excluding hydrogens is 454 g/mol. The third-order valence-electron chi connectivity index (χ3n) is 5.25. The molecule has 0 radical (unpaired) electrons. The number of halogens is 1. The highest BCUT2D eigenvalue weighted by atomic mass is 35.5. The second-order valence-corrected chi connectivity index (χ2v) is 11.0. The number of fused-ring (bicyclic) bond motifs is 1. The van der Waals surface area contributed by atoms with Gasteiger partial charge in [0.1, 0.15) is 4.90 Å². The maximum absolute atomic E-state index is 12.7. The van der Waals surface area contributed by atoms with Crippen LogP contribution in [0.15, 0.2) is 58.8 Å². The molecule has 4 rings (SSSR count). The third-order valence-corrected chi connectivity index (χ3v) is 8.57. The highest BCUT2D eigenvalue weighted by Crippen LogP contribution is 2.29. The molecule has 0 saturated carbocycles. The molecule has 0 saturated heterocycles. The fraction of sp³-hybridized carbons (Fsp3) is 0.227. The average Bonchev–Trinajstić information content (AvgIpc) is 3.22. The van der Waals surface area contributed by atoms with Crippen molar-refractivity contribution in [3.8, 4) is 0 Å². The van der Waals surface area contributed by atoms with Crippen LogP contribution in [0.1, 0.15) is 20.8 Å². The number of rotatable bonds is 5. The van der Waals surface area contributed by atoms with Gasteiger partial charge in [-0.3, -0.25) is 4.79 Å². The SMILES string of the molecule is CN(C)S(=O)(=O)c1cc(C(=O)Nc2ccc(N3CCc4sccc4C3)cc2)ccc1Cl. The molecule has 1 amide bonds. The number of nitrogens with zero attached hydrogens (tertiary/aromatic N) is 2. The van der Waals surface area contributed by atoms with Crippen molar-refractivity contribution in [3.63, 3.8) is 0 Å². The van der Waals surface area contributed by atoms with Crippen LogP contribution in [-0.2, 0) is 23.0 Å². The predicted molar refractivity (Wildman–Crippen MR) is 126 cm³/mol. The summed E-state index contributed by atoms with van der Waals surface area (Å²) >= 11 is 7.88. The van der Waals surface area contributed by atoms with E-state index in [1.807, 2.05) is 35.6 Å². The molecular formula is C22H22ClN3O3S2. The zero-order valence-electron chi connectivity index (χ0n) is 17.1. The Morgan fingerprint density at radius 1 is 1.13 bits per heavy atom. The number of carbonyl (C=O) groups excluding carboxylic acids is 1. The van der Waals surface area contributed by atoms with Gasteiger partial charge in [0.25, 0.3) is 5.91 Å². The molecule has 1 N–H and O–H groups in total. The van der Waals surface area contributed by atoms with E-state index in [-0.39, 0.29) is 15.5 Å². The Morgan fingerprint density at radius 2 is 1.87 bits per heavy atom. The fourth-order valence-corrected chi connectivity index (χ4v) is 5.75. The second-order valence-electron chi connectivity index (χ2n) is 7.47. The minimum Gasteiger partial charge on any atom is -0.367 e. The van der Waals surface area contributed by atoms with Gasteiger partial charge in [0, 0.05) is 49.0 Å². The molecule has 0 atom stereocenters. The number of amides is 1. The molecule has 0 unspecified atom stereocenters. The van der Waals surface area contributed by atoms with E-state index in [1.165, 1.54) is 42.7 Å². The van der Waals surface area contributed by atoms with Crippen LogP contribution in [0.2, 0.25) is 5.02 Å². The number of thiophene rings is 1. The Hall–Kier alpha value is -2.39. The van der Waals surface area contributed by atoms with Crippen LogP contribution in [0.25, 0.3) is 0 Å². The van der Waals surface area contributed by atoms with Crippen LogP contribution < -0.4 is 10.2 Å². The number of anilines is 2. The van der Waals surface area contributed by atoms with Crippen LogP contribution >= 0.6 is 22.9 Å². The van der Waals surface area contributed by atoms with Crippen molar-refractivity contribution in [1.29, 1.82) is 0 Å². The van der Waals surface area contributed by atoms with E-state index in [4.69, 9.17) is 11.6 Å². The molecule has 6 nitrogen and oxygen atoms in total. The van der Waals surface area contributed by atoms with Gasteiger partial charge < -0.3 is 10.2 Å². The predicted octanol–water partition coefficient (Wildman–Crippen LogP) is 4.47. The first-order valence-electron chi connectivity index (χ1n) is 9.69. The summed E-state index contributed by atoms with van der Waals surface area (Å²) in [7, 11) is -0.919. The number of benzene rings is 2. The normalized spacial score (nSPS) is 13.9. The van der Waals surface area contributed by atoms with Crippen LogP contribution in [0.4, 0.5) is 11.4 Å². The van der Waals surface area contributed by atoms with E-state index in [2.05, 4.69) is 21.7 Å². The summed E-state index contributed by atoms with van der Waals surface area (Å²) < 4.78 is 25.9. The number of hydrogen-bond acceptors (Lipinski definition) is 5. The number of carbonyl (C=O) groups is 1. The first kappa shape index (κ1) is 21.8.